The molecular formula is C16H22N2O3. The number of rotatable bonds is 2. The fourth-order valence-corrected chi connectivity index (χ4v) is 3.93. The topological polar surface area (TPSA) is 62.5 Å². The molecule has 1 aliphatic heterocycles. The van der Waals surface area contributed by atoms with E-state index in [1.807, 2.05) is 24.6 Å². The van der Waals surface area contributed by atoms with Crippen LogP contribution in [0, 0.1) is 12.8 Å². The zero-order valence-corrected chi connectivity index (χ0v) is 12.6. The lowest BCUT2D eigenvalue weighted by molar-refractivity contribution is -0.141. The number of aryl methyl sites for hydroxylation is 1. The van der Waals surface area contributed by atoms with Crippen molar-refractivity contribution >= 4 is 11.9 Å². The molecule has 1 N–H and O–H groups in total. The molecule has 5 nitrogen and oxygen atoms in total. The van der Waals surface area contributed by atoms with E-state index in [9.17, 15) is 14.7 Å². The standard InChI is InChI=1S/C16H22N2O3/c1-10-7-8-13(17(10)2)15(19)18-12-6-4-3-5-11(12)9-14(18)16(20)21/h7-8,11-12,14H,3-6,9H2,1-2H3,(H,20,21)/t11-,12-,14+/m1/s1. The first-order valence-electron chi connectivity index (χ1n) is 7.68. The summed E-state index contributed by atoms with van der Waals surface area (Å²) in [6.07, 6.45) is 4.82. The molecule has 1 aromatic rings. The quantitative estimate of drug-likeness (QED) is 0.908. The first-order chi connectivity index (χ1) is 10.0. The van der Waals surface area contributed by atoms with Crippen LogP contribution in [-0.2, 0) is 11.8 Å². The highest BCUT2D eigenvalue weighted by molar-refractivity contribution is 5.96. The van der Waals surface area contributed by atoms with Crippen LogP contribution < -0.4 is 0 Å². The second-order valence-electron chi connectivity index (χ2n) is 6.33. The Morgan fingerprint density at radius 1 is 1.24 bits per heavy atom. The van der Waals surface area contributed by atoms with E-state index in [0.29, 0.717) is 18.0 Å². The second kappa shape index (κ2) is 5.20. The van der Waals surface area contributed by atoms with Crippen LogP contribution in [0.15, 0.2) is 12.1 Å². The van der Waals surface area contributed by atoms with Gasteiger partial charge in [0.15, 0.2) is 0 Å². The van der Waals surface area contributed by atoms with Crippen molar-refractivity contribution in [1.82, 2.24) is 9.47 Å². The Kier molecular flexibility index (Phi) is 3.51. The van der Waals surface area contributed by atoms with Gasteiger partial charge in [-0.05, 0) is 44.2 Å². The van der Waals surface area contributed by atoms with Crippen molar-refractivity contribution in [3.05, 3.63) is 23.5 Å². The molecule has 3 rings (SSSR count). The zero-order chi connectivity index (χ0) is 15.1. The average Bonchev–Trinajstić information content (AvgIpc) is 3.00. The Labute approximate surface area is 124 Å². The molecule has 21 heavy (non-hydrogen) atoms. The van der Waals surface area contributed by atoms with E-state index in [1.165, 1.54) is 0 Å². The van der Waals surface area contributed by atoms with E-state index >= 15 is 0 Å². The van der Waals surface area contributed by atoms with E-state index < -0.39 is 12.0 Å². The summed E-state index contributed by atoms with van der Waals surface area (Å²) in [5.41, 5.74) is 1.59. The molecule has 1 saturated heterocycles. The maximum Gasteiger partial charge on any atom is 0.326 e. The minimum absolute atomic E-state index is 0.0996. The number of aliphatic carboxylic acids is 1. The number of amides is 1. The van der Waals surface area contributed by atoms with Crippen LogP contribution in [0.3, 0.4) is 0 Å². The van der Waals surface area contributed by atoms with Crippen molar-refractivity contribution in [3.8, 4) is 0 Å². The molecule has 3 atom stereocenters. The molecule has 1 aromatic heterocycles. The van der Waals surface area contributed by atoms with Gasteiger partial charge in [0.05, 0.1) is 0 Å². The van der Waals surface area contributed by atoms with Crippen molar-refractivity contribution < 1.29 is 14.7 Å². The monoisotopic (exact) mass is 290 g/mol. The van der Waals surface area contributed by atoms with Crippen LogP contribution in [0.1, 0.15) is 48.3 Å². The summed E-state index contributed by atoms with van der Waals surface area (Å²) >= 11 is 0. The SMILES string of the molecule is Cc1ccc(C(=O)N2[C@@H]3CCCC[C@@H]3C[C@H]2C(=O)O)n1C. The molecule has 0 aromatic carbocycles. The van der Waals surface area contributed by atoms with Gasteiger partial charge in [-0.15, -0.1) is 0 Å². The molecule has 1 aliphatic carbocycles. The fourth-order valence-electron chi connectivity index (χ4n) is 3.93. The summed E-state index contributed by atoms with van der Waals surface area (Å²) < 4.78 is 1.84. The molecule has 0 bridgehead atoms. The van der Waals surface area contributed by atoms with E-state index in [-0.39, 0.29) is 11.9 Å². The van der Waals surface area contributed by atoms with Crippen LogP contribution >= 0.6 is 0 Å². The average molecular weight is 290 g/mol. The summed E-state index contributed by atoms with van der Waals surface area (Å²) in [4.78, 5) is 26.1. The molecule has 1 amide bonds. The molecular weight excluding hydrogens is 268 g/mol. The number of nitrogens with zero attached hydrogens (tertiary/aromatic N) is 2. The third-order valence-corrected chi connectivity index (χ3v) is 5.20. The number of carbonyl (C=O) groups excluding carboxylic acids is 1. The largest absolute Gasteiger partial charge is 0.480 e. The number of carboxylic acids is 1. The number of carbonyl (C=O) groups is 2. The van der Waals surface area contributed by atoms with Crippen LogP contribution in [0.4, 0.5) is 0 Å². The predicted octanol–water partition coefficient (Wildman–Crippen LogP) is 2.19. The van der Waals surface area contributed by atoms with Gasteiger partial charge >= 0.3 is 5.97 Å². The van der Waals surface area contributed by atoms with Crippen molar-refractivity contribution in [2.45, 2.75) is 51.1 Å². The summed E-state index contributed by atoms with van der Waals surface area (Å²) in [6, 6.07) is 3.13. The molecule has 5 heteroatoms. The minimum Gasteiger partial charge on any atom is -0.480 e. The molecule has 0 unspecified atom stereocenters. The first kappa shape index (κ1) is 14.2. The molecule has 2 fully saturated rings. The van der Waals surface area contributed by atoms with Gasteiger partial charge in [0.25, 0.3) is 5.91 Å². The van der Waals surface area contributed by atoms with Crippen molar-refractivity contribution in [1.29, 1.82) is 0 Å². The molecule has 0 radical (unpaired) electrons. The van der Waals surface area contributed by atoms with Crippen LogP contribution in [0.2, 0.25) is 0 Å². The van der Waals surface area contributed by atoms with E-state index in [1.54, 1.807) is 11.0 Å². The third kappa shape index (κ3) is 2.24. The molecule has 1 saturated carbocycles. The Balaban J connectivity index is 1.94. The van der Waals surface area contributed by atoms with Gasteiger partial charge in [0.2, 0.25) is 0 Å². The van der Waals surface area contributed by atoms with E-state index in [2.05, 4.69) is 0 Å². The van der Waals surface area contributed by atoms with Gasteiger partial charge in [0, 0.05) is 18.8 Å². The van der Waals surface area contributed by atoms with Gasteiger partial charge in [-0.1, -0.05) is 12.8 Å². The van der Waals surface area contributed by atoms with Crippen LogP contribution in [0.25, 0.3) is 0 Å². The lowest BCUT2D eigenvalue weighted by Crippen LogP contribution is -2.46. The number of hydrogen-bond donors (Lipinski definition) is 1. The number of carboxylic acid groups (broad SMARTS) is 1. The highest BCUT2D eigenvalue weighted by atomic mass is 16.4. The van der Waals surface area contributed by atoms with E-state index in [0.717, 1.165) is 31.4 Å². The van der Waals surface area contributed by atoms with Gasteiger partial charge < -0.3 is 14.6 Å². The number of hydrogen-bond acceptors (Lipinski definition) is 2. The van der Waals surface area contributed by atoms with E-state index in [4.69, 9.17) is 0 Å². The molecule has 114 valence electrons. The summed E-state index contributed by atoms with van der Waals surface area (Å²) in [6.45, 7) is 1.94. The van der Waals surface area contributed by atoms with Gasteiger partial charge in [-0.25, -0.2) is 4.79 Å². The summed E-state index contributed by atoms with van der Waals surface area (Å²) in [5, 5.41) is 9.50. The highest BCUT2D eigenvalue weighted by Gasteiger charge is 2.48. The van der Waals surface area contributed by atoms with Crippen LogP contribution in [-0.4, -0.2) is 38.5 Å². The molecule has 0 spiro atoms. The van der Waals surface area contributed by atoms with Crippen molar-refractivity contribution in [3.63, 3.8) is 0 Å². The summed E-state index contributed by atoms with van der Waals surface area (Å²) in [7, 11) is 1.85. The molecule has 2 heterocycles. The Hall–Kier alpha value is -1.78. The maximum atomic E-state index is 12.9. The third-order valence-electron chi connectivity index (χ3n) is 5.20. The number of likely N-dealkylation sites (tertiary alicyclic amines) is 1. The Morgan fingerprint density at radius 2 is 1.95 bits per heavy atom. The van der Waals surface area contributed by atoms with Gasteiger partial charge in [0.1, 0.15) is 11.7 Å². The van der Waals surface area contributed by atoms with Crippen molar-refractivity contribution in [2.24, 2.45) is 13.0 Å². The normalized spacial score (nSPS) is 28.5. The molecule has 2 aliphatic rings. The maximum absolute atomic E-state index is 12.9. The highest BCUT2D eigenvalue weighted by Crippen LogP contribution is 2.40. The Morgan fingerprint density at radius 3 is 2.57 bits per heavy atom. The summed E-state index contributed by atoms with van der Waals surface area (Å²) in [5.74, 6) is -0.652. The second-order valence-corrected chi connectivity index (χ2v) is 6.33. The Bertz CT molecular complexity index is 578. The smallest absolute Gasteiger partial charge is 0.326 e. The first-order valence-corrected chi connectivity index (χ1v) is 7.68. The number of aromatic nitrogens is 1. The van der Waals surface area contributed by atoms with Crippen LogP contribution in [0.5, 0.6) is 0 Å². The predicted molar refractivity (Wildman–Crippen MR) is 78.1 cm³/mol. The lowest BCUT2D eigenvalue weighted by atomic mass is 9.84. The zero-order valence-electron chi connectivity index (χ0n) is 12.6. The minimum atomic E-state index is -0.872. The number of fused-ring (bicyclic) bond motifs is 1. The van der Waals surface area contributed by atoms with Gasteiger partial charge in [-0.2, -0.15) is 0 Å². The van der Waals surface area contributed by atoms with Crippen molar-refractivity contribution in [2.75, 3.05) is 0 Å². The lowest BCUT2D eigenvalue weighted by Gasteiger charge is -2.33. The van der Waals surface area contributed by atoms with Gasteiger partial charge in [-0.3, -0.25) is 4.79 Å². The fraction of sp³-hybridized carbons (Fsp3) is 0.625.